The average Bonchev–Trinajstić information content (AvgIpc) is 2.86. The monoisotopic (exact) mass is 458 g/mol. The molecule has 0 unspecified atom stereocenters. The zero-order chi connectivity index (χ0) is 23.2. The highest BCUT2D eigenvalue weighted by atomic mass is 19.2. The number of rotatable bonds is 8. The zero-order valence-electron chi connectivity index (χ0n) is 20.7. The van der Waals surface area contributed by atoms with Crippen LogP contribution < -0.4 is 4.74 Å². The van der Waals surface area contributed by atoms with E-state index in [0.717, 1.165) is 56.3 Å². The second kappa shape index (κ2) is 11.8. The second-order valence-corrected chi connectivity index (χ2v) is 11.3. The fourth-order valence-corrected chi connectivity index (χ4v) is 7.03. The molecule has 0 amide bonds. The van der Waals surface area contributed by atoms with E-state index in [0.29, 0.717) is 24.0 Å². The maximum Gasteiger partial charge on any atom is 0.200 e. The molecular formula is C30H44F2O. The van der Waals surface area contributed by atoms with Gasteiger partial charge < -0.3 is 4.74 Å². The van der Waals surface area contributed by atoms with Crippen LogP contribution in [-0.2, 0) is 0 Å². The first kappa shape index (κ1) is 24.7. The van der Waals surface area contributed by atoms with Crippen molar-refractivity contribution in [3.63, 3.8) is 0 Å². The maximum atomic E-state index is 15.0. The van der Waals surface area contributed by atoms with Gasteiger partial charge in [-0.05, 0) is 111 Å². The minimum absolute atomic E-state index is 0.0830. The van der Waals surface area contributed by atoms with Gasteiger partial charge in [0.1, 0.15) is 0 Å². The summed E-state index contributed by atoms with van der Waals surface area (Å²) in [5, 5.41) is 0. The third-order valence-electron chi connectivity index (χ3n) is 9.24. The molecule has 0 atom stereocenters. The van der Waals surface area contributed by atoms with Gasteiger partial charge in [0.25, 0.3) is 0 Å². The Morgan fingerprint density at radius 1 is 0.818 bits per heavy atom. The molecule has 0 N–H and O–H groups in total. The van der Waals surface area contributed by atoms with Crippen molar-refractivity contribution in [3.05, 3.63) is 42.0 Å². The van der Waals surface area contributed by atoms with Crippen molar-refractivity contribution in [2.75, 3.05) is 6.61 Å². The molecule has 0 heterocycles. The van der Waals surface area contributed by atoms with Gasteiger partial charge in [-0.15, -0.1) is 6.58 Å². The van der Waals surface area contributed by atoms with Gasteiger partial charge in [0, 0.05) is 0 Å². The topological polar surface area (TPSA) is 9.23 Å². The molecule has 4 rings (SSSR count). The highest BCUT2D eigenvalue weighted by molar-refractivity contribution is 5.33. The molecule has 3 fully saturated rings. The van der Waals surface area contributed by atoms with E-state index in [2.05, 4.69) is 13.5 Å². The summed E-state index contributed by atoms with van der Waals surface area (Å²) in [4.78, 5) is 0. The summed E-state index contributed by atoms with van der Waals surface area (Å²) in [6.07, 6.45) is 19.0. The van der Waals surface area contributed by atoms with Gasteiger partial charge in [0.2, 0.25) is 5.82 Å². The molecule has 1 nitrogen and oxygen atoms in total. The van der Waals surface area contributed by atoms with Crippen molar-refractivity contribution in [3.8, 4) is 5.75 Å². The molecule has 0 spiro atoms. The number of hydrogen-bond donors (Lipinski definition) is 0. The van der Waals surface area contributed by atoms with E-state index in [4.69, 9.17) is 4.74 Å². The molecule has 0 saturated heterocycles. The Morgan fingerprint density at radius 2 is 1.42 bits per heavy atom. The summed E-state index contributed by atoms with van der Waals surface area (Å²) < 4.78 is 35.6. The number of allylic oxidation sites excluding steroid dienone is 1. The van der Waals surface area contributed by atoms with E-state index in [9.17, 15) is 4.39 Å². The largest absolute Gasteiger partial charge is 0.490 e. The van der Waals surface area contributed by atoms with E-state index in [1.165, 1.54) is 51.4 Å². The summed E-state index contributed by atoms with van der Waals surface area (Å²) in [6.45, 7) is 6.66. The zero-order valence-corrected chi connectivity index (χ0v) is 20.7. The van der Waals surface area contributed by atoms with Gasteiger partial charge in [-0.1, -0.05) is 44.7 Å². The Balaban J connectivity index is 1.27. The number of hydrogen-bond acceptors (Lipinski definition) is 1. The molecule has 1 aromatic rings. The minimum atomic E-state index is -0.788. The van der Waals surface area contributed by atoms with Gasteiger partial charge in [-0.25, -0.2) is 4.39 Å². The van der Waals surface area contributed by atoms with Gasteiger partial charge in [-0.2, -0.15) is 4.39 Å². The molecule has 1 aromatic carbocycles. The van der Waals surface area contributed by atoms with Gasteiger partial charge in [0.05, 0.1) is 6.61 Å². The molecule has 3 heteroatoms. The fourth-order valence-electron chi connectivity index (χ4n) is 7.03. The van der Waals surface area contributed by atoms with Crippen molar-refractivity contribution < 1.29 is 13.5 Å². The number of halogens is 2. The Labute approximate surface area is 200 Å². The molecule has 0 bridgehead atoms. The van der Waals surface area contributed by atoms with E-state index >= 15 is 4.39 Å². The van der Waals surface area contributed by atoms with E-state index in [-0.39, 0.29) is 11.7 Å². The van der Waals surface area contributed by atoms with Crippen molar-refractivity contribution in [1.29, 1.82) is 0 Å². The normalized spacial score (nSPS) is 32.9. The quantitative estimate of drug-likeness (QED) is 0.353. The third-order valence-corrected chi connectivity index (χ3v) is 9.24. The minimum Gasteiger partial charge on any atom is -0.490 e. The summed E-state index contributed by atoms with van der Waals surface area (Å²) in [5.74, 6) is 2.39. The summed E-state index contributed by atoms with van der Waals surface area (Å²) in [6, 6.07) is 3.47. The van der Waals surface area contributed by atoms with Crippen LogP contribution in [0, 0.1) is 41.2 Å². The van der Waals surface area contributed by atoms with Gasteiger partial charge >= 0.3 is 0 Å². The molecule has 3 saturated carbocycles. The van der Waals surface area contributed by atoms with Crippen LogP contribution in [0.3, 0.4) is 0 Å². The molecule has 0 radical (unpaired) electrons. The SMILES string of the molecule is C=C[C@H]1CC[C@H](COc2ccc([C@H]3CC[C@H]([C@H]4CC[C@H](CCC)CC4)CC3)c(F)c2F)CC1. The van der Waals surface area contributed by atoms with Crippen molar-refractivity contribution in [2.45, 2.75) is 103 Å². The lowest BCUT2D eigenvalue weighted by atomic mass is 9.68. The molecule has 3 aliphatic rings. The van der Waals surface area contributed by atoms with Crippen LogP contribution in [0.1, 0.15) is 108 Å². The second-order valence-electron chi connectivity index (χ2n) is 11.3. The van der Waals surface area contributed by atoms with Crippen LogP contribution >= 0.6 is 0 Å². The fraction of sp³-hybridized carbons (Fsp3) is 0.733. The smallest absolute Gasteiger partial charge is 0.200 e. The molecule has 0 aromatic heterocycles. The van der Waals surface area contributed by atoms with Crippen LogP contribution in [0.2, 0.25) is 0 Å². The Hall–Kier alpha value is -1.38. The first-order valence-electron chi connectivity index (χ1n) is 13.8. The standard InChI is InChI=1S/C30H44F2O/c1-3-5-22-10-12-24(13-11-22)25-14-16-26(17-15-25)27-18-19-28(30(32)29(27)31)33-20-23-8-6-21(4-2)7-9-23/h4,18-19,21-26H,2-3,5-17,20H2,1H3/t21-,22-,23-,24-,25-,26-. The van der Waals surface area contributed by atoms with Crippen molar-refractivity contribution in [1.82, 2.24) is 0 Å². The van der Waals surface area contributed by atoms with Gasteiger partial charge in [-0.3, -0.25) is 0 Å². The molecule has 33 heavy (non-hydrogen) atoms. The van der Waals surface area contributed by atoms with Crippen LogP contribution in [0.5, 0.6) is 5.75 Å². The first-order chi connectivity index (χ1) is 16.1. The number of ether oxygens (including phenoxy) is 1. The molecule has 0 aliphatic heterocycles. The van der Waals surface area contributed by atoms with Gasteiger partial charge in [0.15, 0.2) is 11.6 Å². The lowest BCUT2D eigenvalue weighted by Crippen LogP contribution is -2.25. The van der Waals surface area contributed by atoms with Crippen molar-refractivity contribution >= 4 is 0 Å². The first-order valence-corrected chi connectivity index (χ1v) is 13.8. The summed E-state index contributed by atoms with van der Waals surface area (Å²) in [7, 11) is 0. The lowest BCUT2D eigenvalue weighted by molar-refractivity contribution is 0.155. The highest BCUT2D eigenvalue weighted by Gasteiger charge is 2.32. The maximum absolute atomic E-state index is 15.0. The van der Waals surface area contributed by atoms with Crippen LogP contribution in [-0.4, -0.2) is 6.61 Å². The highest BCUT2D eigenvalue weighted by Crippen LogP contribution is 2.45. The lowest BCUT2D eigenvalue weighted by Gasteiger charge is -2.38. The average molecular weight is 459 g/mol. The third kappa shape index (κ3) is 6.20. The Kier molecular flexibility index (Phi) is 8.88. The number of benzene rings is 1. The van der Waals surface area contributed by atoms with E-state index < -0.39 is 11.6 Å². The molecular weight excluding hydrogens is 414 g/mol. The van der Waals surface area contributed by atoms with Crippen molar-refractivity contribution in [2.24, 2.45) is 29.6 Å². The molecule has 184 valence electrons. The molecule has 3 aliphatic carbocycles. The van der Waals surface area contributed by atoms with E-state index in [1.54, 1.807) is 12.1 Å². The van der Waals surface area contributed by atoms with Crippen LogP contribution in [0.4, 0.5) is 8.78 Å². The summed E-state index contributed by atoms with van der Waals surface area (Å²) in [5.41, 5.74) is 0.566. The van der Waals surface area contributed by atoms with E-state index in [1.807, 2.05) is 6.08 Å². The van der Waals surface area contributed by atoms with Crippen LogP contribution in [0.15, 0.2) is 24.8 Å². The predicted octanol–water partition coefficient (Wildman–Crippen LogP) is 9.22. The Morgan fingerprint density at radius 3 is 2.03 bits per heavy atom. The van der Waals surface area contributed by atoms with Crippen LogP contribution in [0.25, 0.3) is 0 Å². The Bertz CT molecular complexity index is 751. The summed E-state index contributed by atoms with van der Waals surface area (Å²) >= 11 is 0. The predicted molar refractivity (Wildman–Crippen MR) is 133 cm³/mol.